The molecule has 1 saturated carbocycles. The zero-order valence-electron chi connectivity index (χ0n) is 20.0. The van der Waals surface area contributed by atoms with E-state index in [-0.39, 0.29) is 22.5 Å². The third kappa shape index (κ3) is 4.92. The Morgan fingerprint density at radius 2 is 1.80 bits per heavy atom. The molecular formula is C27H30N2O5S. The van der Waals surface area contributed by atoms with E-state index in [9.17, 15) is 18.3 Å². The molecule has 0 aromatic heterocycles. The molecule has 8 heteroatoms. The number of aliphatic hydroxyl groups excluding tert-OH is 1. The van der Waals surface area contributed by atoms with Crippen LogP contribution in [-0.4, -0.2) is 25.1 Å². The Bertz CT molecular complexity index is 1280. The number of ether oxygens (including phenoxy) is 1. The van der Waals surface area contributed by atoms with Gasteiger partial charge in [0.05, 0.1) is 22.1 Å². The molecule has 2 aliphatic rings. The molecule has 184 valence electrons. The number of esters is 1. The van der Waals surface area contributed by atoms with Gasteiger partial charge in [0.1, 0.15) is 5.76 Å². The lowest BCUT2D eigenvalue weighted by Crippen LogP contribution is -2.31. The molecule has 2 aromatic carbocycles. The fourth-order valence-corrected chi connectivity index (χ4v) is 6.04. The zero-order chi connectivity index (χ0) is 25.2. The highest BCUT2D eigenvalue weighted by molar-refractivity contribution is 7.92. The minimum atomic E-state index is -3.87. The van der Waals surface area contributed by atoms with Crippen LogP contribution in [0, 0.1) is 17.2 Å². The predicted octanol–water partition coefficient (Wildman–Crippen LogP) is 5.56. The zero-order valence-corrected chi connectivity index (χ0v) is 20.8. The molecule has 2 aromatic rings. The molecular weight excluding hydrogens is 464 g/mol. The van der Waals surface area contributed by atoms with Crippen molar-refractivity contribution in [3.63, 3.8) is 0 Å². The van der Waals surface area contributed by atoms with Crippen molar-refractivity contribution in [1.82, 2.24) is 0 Å². The number of carbonyl (C=O) groups is 1. The molecule has 1 heterocycles. The van der Waals surface area contributed by atoms with E-state index in [0.717, 1.165) is 31.2 Å². The van der Waals surface area contributed by atoms with Crippen molar-refractivity contribution in [2.45, 2.75) is 68.8 Å². The number of benzene rings is 2. The van der Waals surface area contributed by atoms with Gasteiger partial charge in [0.15, 0.2) is 5.60 Å². The number of nitriles is 1. The maximum absolute atomic E-state index is 13.1. The summed E-state index contributed by atoms with van der Waals surface area (Å²) in [5.41, 5.74) is 0.823. The number of cyclic esters (lactones) is 1. The number of aliphatic hydroxyl groups is 1. The van der Waals surface area contributed by atoms with Gasteiger partial charge in [0.2, 0.25) is 0 Å². The third-order valence-corrected chi connectivity index (χ3v) is 8.10. The molecule has 1 atom stereocenters. The maximum atomic E-state index is 13.1. The van der Waals surface area contributed by atoms with Crippen LogP contribution in [0.2, 0.25) is 0 Å². The number of hydrogen-bond donors (Lipinski definition) is 2. The molecule has 0 radical (unpaired) electrons. The van der Waals surface area contributed by atoms with Crippen LogP contribution < -0.4 is 4.72 Å². The highest BCUT2D eigenvalue weighted by Gasteiger charge is 2.51. The summed E-state index contributed by atoms with van der Waals surface area (Å²) in [5, 5.41) is 20.2. The maximum Gasteiger partial charge on any atom is 0.339 e. The Morgan fingerprint density at radius 3 is 2.37 bits per heavy atom. The highest BCUT2D eigenvalue weighted by Crippen LogP contribution is 2.52. The number of carbonyl (C=O) groups excluding carboxylic acids is 1. The van der Waals surface area contributed by atoms with Crippen LogP contribution in [0.3, 0.4) is 0 Å². The van der Waals surface area contributed by atoms with E-state index in [0.29, 0.717) is 29.7 Å². The van der Waals surface area contributed by atoms with Crippen molar-refractivity contribution in [2.75, 3.05) is 4.72 Å². The summed E-state index contributed by atoms with van der Waals surface area (Å²) in [7, 11) is -3.87. The summed E-state index contributed by atoms with van der Waals surface area (Å²) in [6, 6.07) is 14.6. The van der Waals surface area contributed by atoms with Gasteiger partial charge in [-0.15, -0.1) is 0 Å². The summed E-state index contributed by atoms with van der Waals surface area (Å²) in [4.78, 5) is 13.1. The second kappa shape index (κ2) is 9.74. The Morgan fingerprint density at radius 1 is 1.14 bits per heavy atom. The minimum absolute atomic E-state index is 0.0340. The van der Waals surface area contributed by atoms with Crippen molar-refractivity contribution in [3.8, 4) is 6.07 Å². The van der Waals surface area contributed by atoms with Gasteiger partial charge in [-0.1, -0.05) is 38.8 Å². The van der Waals surface area contributed by atoms with E-state index in [1.807, 2.05) is 26.0 Å². The van der Waals surface area contributed by atoms with Gasteiger partial charge in [0.25, 0.3) is 10.0 Å². The molecule has 0 saturated heterocycles. The first-order valence-electron chi connectivity index (χ1n) is 12.0. The van der Waals surface area contributed by atoms with Crippen LogP contribution in [0.25, 0.3) is 0 Å². The summed E-state index contributed by atoms with van der Waals surface area (Å²) < 4.78 is 34.2. The van der Waals surface area contributed by atoms with Gasteiger partial charge in [-0.05, 0) is 73.6 Å². The van der Waals surface area contributed by atoms with Gasteiger partial charge >= 0.3 is 5.97 Å². The first-order valence-corrected chi connectivity index (χ1v) is 13.5. The Hall–Kier alpha value is -3.31. The second-order valence-corrected chi connectivity index (χ2v) is 11.0. The fourth-order valence-electron chi connectivity index (χ4n) is 4.99. The largest absolute Gasteiger partial charge is 0.507 e. The first-order chi connectivity index (χ1) is 16.7. The number of sulfonamides is 1. The molecule has 7 nitrogen and oxygen atoms in total. The van der Waals surface area contributed by atoms with Crippen molar-refractivity contribution in [3.05, 3.63) is 71.0 Å². The number of hydrogen-bond acceptors (Lipinski definition) is 6. The van der Waals surface area contributed by atoms with Crippen molar-refractivity contribution in [1.29, 1.82) is 5.26 Å². The molecule has 35 heavy (non-hydrogen) atoms. The van der Waals surface area contributed by atoms with E-state index < -0.39 is 21.6 Å². The molecule has 1 fully saturated rings. The molecule has 2 N–H and O–H groups in total. The monoisotopic (exact) mass is 494 g/mol. The van der Waals surface area contributed by atoms with E-state index >= 15 is 0 Å². The summed E-state index contributed by atoms with van der Waals surface area (Å²) in [5.74, 6) is -0.627. The number of nitrogens with one attached hydrogen (secondary N) is 1. The van der Waals surface area contributed by atoms with Crippen LogP contribution in [0.4, 0.5) is 5.69 Å². The molecule has 4 rings (SSSR count). The van der Waals surface area contributed by atoms with E-state index in [2.05, 4.69) is 4.72 Å². The van der Waals surface area contributed by atoms with E-state index in [1.54, 1.807) is 18.2 Å². The van der Waals surface area contributed by atoms with Gasteiger partial charge in [-0.25, -0.2) is 13.2 Å². The second-order valence-electron chi connectivity index (χ2n) is 9.33. The van der Waals surface area contributed by atoms with E-state index in [4.69, 9.17) is 10.00 Å². The topological polar surface area (TPSA) is 116 Å². The van der Waals surface area contributed by atoms with Crippen LogP contribution in [0.15, 0.2) is 64.8 Å². The van der Waals surface area contributed by atoms with Gasteiger partial charge in [-0.3, -0.25) is 4.72 Å². The normalized spacial score (nSPS) is 18.1. The standard InChI is InChI=1S/C27H30N2O5S/c1-3-14-27(15-4-2)25(30)24(26(31)34-27)23(19-10-11-19)20-6-5-7-21(16-20)29-35(32,33)22-12-8-18(17-28)9-13-22/h5-9,12-13,16,19,23,29-30H,3-4,10-11,14-15H2,1-2H3. The van der Waals surface area contributed by atoms with Gasteiger partial charge in [0, 0.05) is 11.6 Å². The number of rotatable bonds is 10. The highest BCUT2D eigenvalue weighted by atomic mass is 32.2. The Kier molecular flexibility index (Phi) is 6.91. The fraction of sp³-hybridized carbons (Fsp3) is 0.407. The molecule has 0 amide bonds. The Balaban J connectivity index is 1.68. The third-order valence-electron chi connectivity index (χ3n) is 6.70. The summed E-state index contributed by atoms with van der Waals surface area (Å²) in [6.45, 7) is 4.00. The molecule has 0 spiro atoms. The van der Waals surface area contributed by atoms with E-state index in [1.165, 1.54) is 24.3 Å². The van der Waals surface area contributed by atoms with Crippen molar-refractivity contribution < 1.29 is 23.1 Å². The molecule has 1 aliphatic carbocycles. The van der Waals surface area contributed by atoms with Crippen LogP contribution in [0.1, 0.15) is 69.4 Å². The molecule has 1 unspecified atom stereocenters. The Labute approximate surface area is 206 Å². The predicted molar refractivity (Wildman–Crippen MR) is 132 cm³/mol. The quantitative estimate of drug-likeness (QED) is 0.418. The van der Waals surface area contributed by atoms with Gasteiger partial charge < -0.3 is 9.84 Å². The SMILES string of the molecule is CCCC1(CCC)OC(=O)C(C(c2cccc(NS(=O)(=O)c3ccc(C#N)cc3)c2)C2CC2)=C1O. The van der Waals surface area contributed by atoms with Crippen LogP contribution >= 0.6 is 0 Å². The van der Waals surface area contributed by atoms with Crippen LogP contribution in [0.5, 0.6) is 0 Å². The molecule has 1 aliphatic heterocycles. The lowest BCUT2D eigenvalue weighted by atomic mass is 9.82. The minimum Gasteiger partial charge on any atom is -0.507 e. The van der Waals surface area contributed by atoms with Crippen molar-refractivity contribution in [2.24, 2.45) is 5.92 Å². The average Bonchev–Trinajstić information content (AvgIpc) is 3.63. The summed E-state index contributed by atoms with van der Waals surface area (Å²) in [6.07, 6.45) is 4.50. The smallest absolute Gasteiger partial charge is 0.339 e. The number of anilines is 1. The lowest BCUT2D eigenvalue weighted by Gasteiger charge is -2.27. The molecule has 0 bridgehead atoms. The lowest BCUT2D eigenvalue weighted by molar-refractivity contribution is -0.149. The first kappa shape index (κ1) is 24.8. The van der Waals surface area contributed by atoms with Gasteiger partial charge in [-0.2, -0.15) is 5.26 Å². The average molecular weight is 495 g/mol. The number of nitrogens with zero attached hydrogens (tertiary/aromatic N) is 1. The van der Waals surface area contributed by atoms with Crippen molar-refractivity contribution >= 4 is 21.7 Å². The van der Waals surface area contributed by atoms with Crippen LogP contribution in [-0.2, 0) is 19.6 Å². The summed E-state index contributed by atoms with van der Waals surface area (Å²) >= 11 is 0.